The summed E-state index contributed by atoms with van der Waals surface area (Å²) >= 11 is 0. The highest BCUT2D eigenvalue weighted by Crippen LogP contribution is 1.92. The Morgan fingerprint density at radius 1 is 1.35 bits per heavy atom. The van der Waals surface area contributed by atoms with Crippen LogP contribution in [0.4, 0.5) is 0 Å². The molecule has 0 aliphatic rings. The first-order valence-corrected chi connectivity index (χ1v) is 6.22. The average Bonchev–Trinajstić information content (AvgIpc) is 2.26. The van der Waals surface area contributed by atoms with Crippen molar-refractivity contribution < 1.29 is 26.4 Å². The van der Waals surface area contributed by atoms with Gasteiger partial charge in [-0.3, -0.25) is 0 Å². The fourth-order valence-electron chi connectivity index (χ4n) is 0.566. The van der Waals surface area contributed by atoms with Gasteiger partial charge in [0.2, 0.25) is 0 Å². The molecule has 17 heavy (non-hydrogen) atoms. The molecule has 0 heterocycles. The predicted molar refractivity (Wildman–Crippen MR) is 63.3 cm³/mol. The largest absolute Gasteiger partial charge is 0.415 e. The average molecular weight is 271 g/mol. The molecule has 2 N–H and O–H groups in total. The van der Waals surface area contributed by atoms with Crippen LogP contribution in [0.25, 0.3) is 0 Å². The molecule has 0 saturated heterocycles. The SMILES string of the molecule is C=CCOC.CC(C)OCCOS(=O)(=O)ON. The van der Waals surface area contributed by atoms with Gasteiger partial charge in [-0.05, 0) is 13.8 Å². The summed E-state index contributed by atoms with van der Waals surface area (Å²) in [5.74, 6) is 4.39. The minimum Gasteiger partial charge on any atom is -0.381 e. The Morgan fingerprint density at radius 2 is 1.94 bits per heavy atom. The van der Waals surface area contributed by atoms with Gasteiger partial charge in [-0.2, -0.15) is 18.6 Å². The molecule has 0 radical (unpaired) electrons. The minimum absolute atomic E-state index is 0.0371. The summed E-state index contributed by atoms with van der Waals surface area (Å²) in [4.78, 5) is 0. The van der Waals surface area contributed by atoms with Crippen molar-refractivity contribution in [2.45, 2.75) is 20.0 Å². The number of nitrogens with two attached hydrogens (primary N) is 1. The lowest BCUT2D eigenvalue weighted by molar-refractivity contribution is 0.0519. The number of rotatable bonds is 8. The van der Waals surface area contributed by atoms with Crippen LogP contribution in [0.2, 0.25) is 0 Å². The lowest BCUT2D eigenvalue weighted by atomic mass is 10.5. The third-order valence-corrected chi connectivity index (χ3v) is 1.86. The van der Waals surface area contributed by atoms with Gasteiger partial charge in [-0.15, -0.1) is 6.58 Å². The highest BCUT2D eigenvalue weighted by atomic mass is 32.3. The second kappa shape index (κ2) is 12.0. The van der Waals surface area contributed by atoms with Crippen molar-refractivity contribution in [1.29, 1.82) is 0 Å². The maximum absolute atomic E-state index is 10.4. The van der Waals surface area contributed by atoms with Gasteiger partial charge in [-0.25, -0.2) is 4.18 Å². The summed E-state index contributed by atoms with van der Waals surface area (Å²) in [5, 5.41) is 0. The second-order valence-corrected chi connectivity index (χ2v) is 4.23. The molecule has 7 nitrogen and oxygen atoms in total. The number of methoxy groups -OCH3 is 1. The van der Waals surface area contributed by atoms with Crippen molar-refractivity contribution in [3.05, 3.63) is 12.7 Å². The van der Waals surface area contributed by atoms with Crippen molar-refractivity contribution >= 4 is 10.4 Å². The summed E-state index contributed by atoms with van der Waals surface area (Å²) in [6.07, 6.45) is 1.75. The van der Waals surface area contributed by atoms with Crippen LogP contribution in [0, 0.1) is 0 Å². The topological polar surface area (TPSA) is 97.1 Å². The summed E-state index contributed by atoms with van der Waals surface area (Å²) in [6.45, 7) is 7.81. The van der Waals surface area contributed by atoms with E-state index >= 15 is 0 Å². The van der Waals surface area contributed by atoms with E-state index in [0.29, 0.717) is 6.61 Å². The van der Waals surface area contributed by atoms with Crippen LogP contribution >= 0.6 is 0 Å². The lowest BCUT2D eigenvalue weighted by Crippen LogP contribution is -2.18. The molecular weight excluding hydrogens is 250 g/mol. The van der Waals surface area contributed by atoms with Gasteiger partial charge >= 0.3 is 10.4 Å². The van der Waals surface area contributed by atoms with Crippen LogP contribution in [0.15, 0.2) is 12.7 Å². The fraction of sp³-hybridized carbons (Fsp3) is 0.778. The van der Waals surface area contributed by atoms with E-state index in [-0.39, 0.29) is 19.3 Å². The number of ether oxygens (including phenoxy) is 2. The van der Waals surface area contributed by atoms with E-state index in [4.69, 9.17) is 4.74 Å². The molecular formula is C9H21NO6S. The zero-order chi connectivity index (χ0) is 13.7. The second-order valence-electron chi connectivity index (χ2n) is 2.99. The molecule has 0 bridgehead atoms. The van der Waals surface area contributed by atoms with Gasteiger partial charge in [0.1, 0.15) is 0 Å². The summed E-state index contributed by atoms with van der Waals surface area (Å²) < 4.78 is 38.2. The highest BCUT2D eigenvalue weighted by Gasteiger charge is 2.08. The Bertz CT molecular complexity index is 265. The van der Waals surface area contributed by atoms with E-state index in [0.717, 1.165) is 0 Å². The van der Waals surface area contributed by atoms with Gasteiger partial charge in [0.05, 0.1) is 25.9 Å². The van der Waals surface area contributed by atoms with Crippen molar-refractivity contribution in [2.24, 2.45) is 5.90 Å². The summed E-state index contributed by atoms with van der Waals surface area (Å²) in [7, 11) is -2.38. The Kier molecular flexibility index (Phi) is 13.3. The van der Waals surface area contributed by atoms with E-state index in [9.17, 15) is 8.42 Å². The Hall–Kier alpha value is -0.510. The quantitative estimate of drug-likeness (QED) is 0.387. The molecule has 104 valence electrons. The van der Waals surface area contributed by atoms with Crippen molar-refractivity contribution in [3.63, 3.8) is 0 Å². The lowest BCUT2D eigenvalue weighted by Gasteiger charge is -2.06. The molecule has 0 atom stereocenters. The predicted octanol–water partition coefficient (Wildman–Crippen LogP) is 0.382. The smallest absolute Gasteiger partial charge is 0.381 e. The number of hydrogen-bond donors (Lipinski definition) is 1. The van der Waals surface area contributed by atoms with E-state index in [1.165, 1.54) is 0 Å². The normalized spacial score (nSPS) is 10.9. The van der Waals surface area contributed by atoms with E-state index in [1.54, 1.807) is 13.2 Å². The van der Waals surface area contributed by atoms with Gasteiger partial charge in [0, 0.05) is 7.11 Å². The van der Waals surface area contributed by atoms with Crippen LogP contribution in [0.5, 0.6) is 0 Å². The molecule has 0 aromatic carbocycles. The molecule has 0 aliphatic heterocycles. The Balaban J connectivity index is 0. The van der Waals surface area contributed by atoms with Crippen molar-refractivity contribution in [1.82, 2.24) is 0 Å². The van der Waals surface area contributed by atoms with Gasteiger partial charge in [0.15, 0.2) is 0 Å². The van der Waals surface area contributed by atoms with Crippen LogP contribution < -0.4 is 5.90 Å². The number of hydrogen-bond acceptors (Lipinski definition) is 7. The van der Waals surface area contributed by atoms with E-state index in [1.807, 2.05) is 13.8 Å². The van der Waals surface area contributed by atoms with Crippen LogP contribution in [0.3, 0.4) is 0 Å². The van der Waals surface area contributed by atoms with E-state index < -0.39 is 10.4 Å². The minimum atomic E-state index is -4.02. The Labute approximate surface area is 103 Å². The summed E-state index contributed by atoms with van der Waals surface area (Å²) in [5.41, 5.74) is 0. The molecule has 0 fully saturated rings. The maximum Gasteiger partial charge on any atom is 0.415 e. The summed E-state index contributed by atoms with van der Waals surface area (Å²) in [6, 6.07) is 0. The standard InChI is InChI=1S/C5H13NO5S.C4H8O/c1-5(2)9-3-4-10-12(7,8)11-6;1-3-4-5-2/h5H,3-4,6H2,1-2H3;3H,1,4H2,2H3. The Morgan fingerprint density at radius 3 is 2.24 bits per heavy atom. The molecule has 0 amide bonds. The molecule has 0 aromatic heterocycles. The molecule has 8 heteroatoms. The monoisotopic (exact) mass is 271 g/mol. The third kappa shape index (κ3) is 18.1. The van der Waals surface area contributed by atoms with Gasteiger partial charge in [0.25, 0.3) is 0 Å². The first-order valence-electron chi connectivity index (χ1n) is 4.88. The van der Waals surface area contributed by atoms with Gasteiger partial charge < -0.3 is 9.47 Å². The van der Waals surface area contributed by atoms with Gasteiger partial charge in [-0.1, -0.05) is 6.08 Å². The first-order chi connectivity index (χ1) is 7.89. The van der Waals surface area contributed by atoms with Crippen molar-refractivity contribution in [2.75, 3.05) is 26.9 Å². The molecule has 0 rings (SSSR count). The molecule has 0 aromatic rings. The molecule has 0 saturated carbocycles. The highest BCUT2D eigenvalue weighted by molar-refractivity contribution is 7.81. The van der Waals surface area contributed by atoms with Crippen LogP contribution in [-0.4, -0.2) is 41.5 Å². The van der Waals surface area contributed by atoms with Crippen molar-refractivity contribution in [3.8, 4) is 0 Å². The first kappa shape index (κ1) is 18.8. The molecule has 0 aliphatic carbocycles. The zero-order valence-electron chi connectivity index (χ0n) is 10.4. The van der Waals surface area contributed by atoms with Crippen LogP contribution in [0.1, 0.15) is 13.8 Å². The molecule has 0 unspecified atom stereocenters. The fourth-order valence-corrected chi connectivity index (χ4v) is 0.893. The zero-order valence-corrected chi connectivity index (χ0v) is 11.2. The maximum atomic E-state index is 10.4. The third-order valence-electron chi connectivity index (χ3n) is 1.16. The van der Waals surface area contributed by atoms with Crippen LogP contribution in [-0.2, 0) is 28.3 Å². The van der Waals surface area contributed by atoms with E-state index in [2.05, 4.69) is 25.7 Å². The molecule has 0 spiro atoms.